The Balaban J connectivity index is 2.08. The number of rotatable bonds is 5. The summed E-state index contributed by atoms with van der Waals surface area (Å²) in [5, 5.41) is 3.55. The molecule has 0 amide bonds. The smallest absolute Gasteiger partial charge is 0.0510 e. The number of benzene rings is 1. The largest absolute Gasteiger partial charge is 0.370 e. The average Bonchev–Trinajstić information content (AvgIpc) is 2.47. The molecule has 3 atom stereocenters. The fraction of sp³-hybridized carbons (Fsp3) is 0.667. The Morgan fingerprint density at radius 3 is 2.71 bits per heavy atom. The van der Waals surface area contributed by atoms with E-state index in [0.717, 1.165) is 18.4 Å². The summed E-state index contributed by atoms with van der Waals surface area (Å²) in [6.07, 6.45) is 2.47. The second-order valence-electron chi connectivity index (χ2n) is 6.58. The van der Waals surface area contributed by atoms with Gasteiger partial charge >= 0.3 is 0 Å². The van der Waals surface area contributed by atoms with E-state index >= 15 is 0 Å². The molecule has 3 unspecified atom stereocenters. The fourth-order valence-corrected chi connectivity index (χ4v) is 3.66. The SMILES string of the molecule is CCCNC(C)c1ccc(N2CCC(C)C(C)C2)c(Br)c1. The molecule has 1 aliphatic heterocycles. The Morgan fingerprint density at radius 1 is 1.33 bits per heavy atom. The Bertz CT molecular complexity index is 461. The van der Waals surface area contributed by atoms with E-state index in [4.69, 9.17) is 0 Å². The van der Waals surface area contributed by atoms with Crippen molar-refractivity contribution < 1.29 is 0 Å². The lowest BCUT2D eigenvalue weighted by Gasteiger charge is -2.37. The third-order valence-corrected chi connectivity index (χ3v) is 5.48. The van der Waals surface area contributed by atoms with E-state index in [0.29, 0.717) is 6.04 Å². The quantitative estimate of drug-likeness (QED) is 0.802. The number of hydrogen-bond acceptors (Lipinski definition) is 2. The summed E-state index contributed by atoms with van der Waals surface area (Å²) < 4.78 is 1.23. The fourth-order valence-electron chi connectivity index (χ4n) is 3.01. The van der Waals surface area contributed by atoms with E-state index in [2.05, 4.69) is 72.0 Å². The highest BCUT2D eigenvalue weighted by atomic mass is 79.9. The molecule has 21 heavy (non-hydrogen) atoms. The van der Waals surface area contributed by atoms with Crippen LogP contribution in [0.1, 0.15) is 52.1 Å². The normalized spacial score (nSPS) is 24.1. The molecule has 1 aromatic carbocycles. The molecule has 1 aromatic rings. The standard InChI is InChI=1S/C18H29BrN2/c1-5-9-20-15(4)16-6-7-18(17(19)11-16)21-10-8-13(2)14(3)12-21/h6-7,11,13-15,20H,5,8-10,12H2,1-4H3. The first-order valence-electron chi connectivity index (χ1n) is 8.30. The van der Waals surface area contributed by atoms with Crippen molar-refractivity contribution in [1.82, 2.24) is 5.32 Å². The van der Waals surface area contributed by atoms with Crippen LogP contribution in [0, 0.1) is 11.8 Å². The highest BCUT2D eigenvalue weighted by Crippen LogP contribution is 2.33. The number of halogens is 1. The van der Waals surface area contributed by atoms with Crippen molar-refractivity contribution in [1.29, 1.82) is 0 Å². The van der Waals surface area contributed by atoms with Crippen molar-refractivity contribution in [2.45, 2.75) is 46.6 Å². The van der Waals surface area contributed by atoms with Gasteiger partial charge in [-0.1, -0.05) is 26.8 Å². The van der Waals surface area contributed by atoms with Crippen molar-refractivity contribution in [3.63, 3.8) is 0 Å². The maximum Gasteiger partial charge on any atom is 0.0510 e. The highest BCUT2D eigenvalue weighted by molar-refractivity contribution is 9.10. The minimum atomic E-state index is 0.413. The molecule has 1 N–H and O–H groups in total. The van der Waals surface area contributed by atoms with Crippen LogP contribution in [0.4, 0.5) is 5.69 Å². The molecule has 1 fully saturated rings. The zero-order valence-corrected chi connectivity index (χ0v) is 15.4. The molecule has 0 bridgehead atoms. The van der Waals surface area contributed by atoms with Gasteiger partial charge in [-0.15, -0.1) is 0 Å². The Morgan fingerprint density at radius 2 is 2.10 bits per heavy atom. The summed E-state index contributed by atoms with van der Waals surface area (Å²) in [6, 6.07) is 7.25. The molecule has 0 radical (unpaired) electrons. The molecular formula is C18H29BrN2. The van der Waals surface area contributed by atoms with Gasteiger partial charge in [0.2, 0.25) is 0 Å². The van der Waals surface area contributed by atoms with E-state index in [1.54, 1.807) is 0 Å². The van der Waals surface area contributed by atoms with Crippen LogP contribution in [-0.2, 0) is 0 Å². The highest BCUT2D eigenvalue weighted by Gasteiger charge is 2.24. The third-order valence-electron chi connectivity index (χ3n) is 4.85. The minimum Gasteiger partial charge on any atom is -0.370 e. The van der Waals surface area contributed by atoms with E-state index < -0.39 is 0 Å². The zero-order valence-electron chi connectivity index (χ0n) is 13.8. The van der Waals surface area contributed by atoms with E-state index in [1.807, 2.05) is 0 Å². The molecule has 0 saturated carbocycles. The average molecular weight is 353 g/mol. The first kappa shape index (κ1) is 16.8. The van der Waals surface area contributed by atoms with Gasteiger partial charge in [0.1, 0.15) is 0 Å². The third kappa shape index (κ3) is 4.23. The lowest BCUT2D eigenvalue weighted by atomic mass is 9.88. The summed E-state index contributed by atoms with van der Waals surface area (Å²) >= 11 is 3.78. The van der Waals surface area contributed by atoms with E-state index in [1.165, 1.54) is 41.7 Å². The molecule has 2 nitrogen and oxygen atoms in total. The summed E-state index contributed by atoms with van der Waals surface area (Å²) in [5.74, 6) is 1.62. The van der Waals surface area contributed by atoms with Gasteiger partial charge in [0.15, 0.2) is 0 Å². The topological polar surface area (TPSA) is 15.3 Å². The van der Waals surface area contributed by atoms with Gasteiger partial charge in [0, 0.05) is 23.6 Å². The zero-order chi connectivity index (χ0) is 15.4. The van der Waals surface area contributed by atoms with Crippen molar-refractivity contribution >= 4 is 21.6 Å². The maximum atomic E-state index is 3.78. The summed E-state index contributed by atoms with van der Waals surface area (Å²) in [6.45, 7) is 12.6. The first-order valence-corrected chi connectivity index (χ1v) is 9.10. The summed E-state index contributed by atoms with van der Waals surface area (Å²) in [5.41, 5.74) is 2.71. The van der Waals surface area contributed by atoms with Crippen molar-refractivity contribution in [3.05, 3.63) is 28.2 Å². The molecule has 1 saturated heterocycles. The monoisotopic (exact) mass is 352 g/mol. The lowest BCUT2D eigenvalue weighted by Crippen LogP contribution is -2.38. The molecule has 0 spiro atoms. The van der Waals surface area contributed by atoms with Crippen LogP contribution in [0.3, 0.4) is 0 Å². The van der Waals surface area contributed by atoms with E-state index in [-0.39, 0.29) is 0 Å². The second kappa shape index (κ2) is 7.64. The molecule has 3 heteroatoms. The van der Waals surface area contributed by atoms with Crippen molar-refractivity contribution in [3.8, 4) is 0 Å². The van der Waals surface area contributed by atoms with Crippen molar-refractivity contribution in [2.75, 3.05) is 24.5 Å². The van der Waals surface area contributed by atoms with Gasteiger partial charge in [-0.3, -0.25) is 0 Å². The van der Waals surface area contributed by atoms with Crippen LogP contribution in [0.2, 0.25) is 0 Å². The number of nitrogens with zero attached hydrogens (tertiary/aromatic N) is 1. The van der Waals surface area contributed by atoms with Crippen LogP contribution >= 0.6 is 15.9 Å². The molecule has 2 rings (SSSR count). The van der Waals surface area contributed by atoms with Gasteiger partial charge < -0.3 is 10.2 Å². The first-order chi connectivity index (χ1) is 10.0. The molecule has 0 aromatic heterocycles. The molecule has 1 heterocycles. The van der Waals surface area contributed by atoms with Crippen molar-refractivity contribution in [2.24, 2.45) is 11.8 Å². The minimum absolute atomic E-state index is 0.413. The molecule has 118 valence electrons. The molecular weight excluding hydrogens is 324 g/mol. The number of piperidine rings is 1. The summed E-state index contributed by atoms with van der Waals surface area (Å²) in [7, 11) is 0. The Labute approximate surface area is 138 Å². The van der Waals surface area contributed by atoms with E-state index in [9.17, 15) is 0 Å². The number of hydrogen-bond donors (Lipinski definition) is 1. The summed E-state index contributed by atoms with van der Waals surface area (Å²) in [4.78, 5) is 2.53. The Hall–Kier alpha value is -0.540. The van der Waals surface area contributed by atoms with Gasteiger partial charge in [-0.05, 0) is 71.8 Å². The number of anilines is 1. The number of nitrogens with one attached hydrogen (secondary N) is 1. The van der Waals surface area contributed by atoms with Gasteiger partial charge in [-0.25, -0.2) is 0 Å². The predicted molar refractivity (Wildman–Crippen MR) is 96.0 cm³/mol. The van der Waals surface area contributed by atoms with Crippen LogP contribution in [-0.4, -0.2) is 19.6 Å². The Kier molecular flexibility index (Phi) is 6.12. The maximum absolute atomic E-state index is 3.78. The predicted octanol–water partition coefficient (Wildman–Crippen LogP) is 4.99. The van der Waals surface area contributed by atoms with Gasteiger partial charge in [-0.2, -0.15) is 0 Å². The lowest BCUT2D eigenvalue weighted by molar-refractivity contribution is 0.324. The van der Waals surface area contributed by atoms with Crippen LogP contribution < -0.4 is 10.2 Å². The molecule has 0 aliphatic carbocycles. The van der Waals surface area contributed by atoms with Gasteiger partial charge in [0.25, 0.3) is 0 Å². The molecule has 1 aliphatic rings. The second-order valence-corrected chi connectivity index (χ2v) is 7.43. The van der Waals surface area contributed by atoms with Gasteiger partial charge in [0.05, 0.1) is 5.69 Å². The van der Waals surface area contributed by atoms with Crippen LogP contribution in [0.25, 0.3) is 0 Å². The van der Waals surface area contributed by atoms with Crippen LogP contribution in [0.15, 0.2) is 22.7 Å². The van der Waals surface area contributed by atoms with Crippen LogP contribution in [0.5, 0.6) is 0 Å².